The fraction of sp³-hybridized carbons (Fsp3) is 0.588. The van der Waals surface area contributed by atoms with Crippen molar-refractivity contribution in [2.45, 2.75) is 44.2 Å². The molecular weight excluding hydrogens is 264 g/mol. The van der Waals surface area contributed by atoms with Gasteiger partial charge in [0.15, 0.2) is 0 Å². The van der Waals surface area contributed by atoms with Crippen LogP contribution in [0.1, 0.15) is 41.6 Å². The van der Waals surface area contributed by atoms with Gasteiger partial charge < -0.3 is 15.0 Å². The van der Waals surface area contributed by atoms with Gasteiger partial charge in [-0.05, 0) is 56.0 Å². The molecule has 0 aliphatic carbocycles. The maximum Gasteiger partial charge on any atom is 0.254 e. The van der Waals surface area contributed by atoms with Gasteiger partial charge in [0.1, 0.15) is 5.75 Å². The number of fused-ring (bicyclic) bond motifs is 1. The number of benzene rings is 1. The Morgan fingerprint density at radius 3 is 3.10 bits per heavy atom. The van der Waals surface area contributed by atoms with Gasteiger partial charge in [-0.2, -0.15) is 0 Å². The topological polar surface area (TPSA) is 41.6 Å². The van der Waals surface area contributed by atoms with E-state index in [0.29, 0.717) is 12.1 Å². The first-order valence-electron chi connectivity index (χ1n) is 8.13. The normalized spacial score (nSPS) is 27.7. The van der Waals surface area contributed by atoms with Crippen LogP contribution in [-0.4, -0.2) is 42.6 Å². The number of amides is 1. The zero-order chi connectivity index (χ0) is 14.2. The molecule has 1 aromatic carbocycles. The van der Waals surface area contributed by atoms with Crippen molar-refractivity contribution in [1.29, 1.82) is 0 Å². The lowest BCUT2D eigenvalue weighted by atomic mass is 10.0. The molecule has 0 radical (unpaired) electrons. The van der Waals surface area contributed by atoms with Crippen molar-refractivity contribution in [3.05, 3.63) is 29.3 Å². The molecule has 2 atom stereocenters. The Bertz CT molecular complexity index is 552. The summed E-state index contributed by atoms with van der Waals surface area (Å²) >= 11 is 0. The van der Waals surface area contributed by atoms with Crippen molar-refractivity contribution >= 4 is 5.91 Å². The van der Waals surface area contributed by atoms with Crippen molar-refractivity contribution < 1.29 is 9.53 Å². The van der Waals surface area contributed by atoms with Crippen LogP contribution in [0, 0.1) is 0 Å². The molecule has 2 unspecified atom stereocenters. The number of ether oxygens (including phenoxy) is 1. The lowest BCUT2D eigenvalue weighted by molar-refractivity contribution is 0.0711. The van der Waals surface area contributed by atoms with E-state index < -0.39 is 0 Å². The predicted octanol–water partition coefficient (Wildman–Crippen LogP) is 1.98. The highest BCUT2D eigenvalue weighted by atomic mass is 16.5. The van der Waals surface area contributed by atoms with Gasteiger partial charge in [-0.1, -0.05) is 0 Å². The Hall–Kier alpha value is -1.55. The van der Waals surface area contributed by atoms with E-state index in [1.54, 1.807) is 0 Å². The lowest BCUT2D eigenvalue weighted by Gasteiger charge is -2.29. The summed E-state index contributed by atoms with van der Waals surface area (Å²) in [5.74, 6) is 1.14. The van der Waals surface area contributed by atoms with Crippen LogP contribution in [0.3, 0.4) is 0 Å². The minimum atomic E-state index is 0.195. The summed E-state index contributed by atoms with van der Waals surface area (Å²) < 4.78 is 5.53. The summed E-state index contributed by atoms with van der Waals surface area (Å²) in [5, 5.41) is 3.56. The van der Waals surface area contributed by atoms with Gasteiger partial charge in [0.05, 0.1) is 6.61 Å². The Kier molecular flexibility index (Phi) is 3.34. The number of likely N-dealkylation sites (tertiary alicyclic amines) is 1. The summed E-state index contributed by atoms with van der Waals surface area (Å²) in [5.41, 5.74) is 2.00. The molecule has 4 rings (SSSR count). The highest BCUT2D eigenvalue weighted by molar-refractivity contribution is 5.95. The van der Waals surface area contributed by atoms with Crippen molar-refractivity contribution in [3.8, 4) is 5.75 Å². The highest BCUT2D eigenvalue weighted by Crippen LogP contribution is 2.29. The first-order valence-corrected chi connectivity index (χ1v) is 8.13. The molecule has 3 aliphatic heterocycles. The average Bonchev–Trinajstić information content (AvgIpc) is 3.24. The van der Waals surface area contributed by atoms with E-state index in [1.807, 2.05) is 18.2 Å². The van der Waals surface area contributed by atoms with Crippen LogP contribution in [0.15, 0.2) is 18.2 Å². The summed E-state index contributed by atoms with van der Waals surface area (Å²) in [6.45, 7) is 2.74. The molecule has 0 aromatic heterocycles. The molecule has 0 spiro atoms. The summed E-state index contributed by atoms with van der Waals surface area (Å²) in [6.07, 6.45) is 5.62. The zero-order valence-electron chi connectivity index (χ0n) is 12.3. The van der Waals surface area contributed by atoms with Gasteiger partial charge in [-0.25, -0.2) is 0 Å². The zero-order valence-corrected chi connectivity index (χ0v) is 12.3. The molecule has 3 aliphatic rings. The number of hydrogen-bond acceptors (Lipinski definition) is 3. The lowest BCUT2D eigenvalue weighted by Crippen LogP contribution is -2.46. The third-order valence-electron chi connectivity index (χ3n) is 5.06. The van der Waals surface area contributed by atoms with Crippen molar-refractivity contribution in [2.75, 3.05) is 19.7 Å². The third kappa shape index (κ3) is 2.31. The molecule has 0 saturated carbocycles. The maximum absolute atomic E-state index is 12.9. The van der Waals surface area contributed by atoms with Crippen LogP contribution < -0.4 is 10.1 Å². The molecule has 1 aromatic rings. The average molecular weight is 286 g/mol. The van der Waals surface area contributed by atoms with Gasteiger partial charge in [-0.15, -0.1) is 0 Å². The number of carbonyl (C=O) groups excluding carboxylic acids is 1. The van der Waals surface area contributed by atoms with Crippen LogP contribution >= 0.6 is 0 Å². The fourth-order valence-corrected chi connectivity index (χ4v) is 3.99. The standard InChI is InChI=1S/C17H22N2O2/c20-17(13-5-6-16-12(11-13)7-10-21-16)19-9-2-4-15(19)14-3-1-8-18-14/h5-6,11,14-15,18H,1-4,7-10H2. The van der Waals surface area contributed by atoms with E-state index in [0.717, 1.165) is 50.3 Å². The maximum atomic E-state index is 12.9. The van der Waals surface area contributed by atoms with Crippen LogP contribution in [0.25, 0.3) is 0 Å². The summed E-state index contributed by atoms with van der Waals surface area (Å²) in [6, 6.07) is 6.78. The largest absolute Gasteiger partial charge is 0.493 e. The van der Waals surface area contributed by atoms with Crippen molar-refractivity contribution in [1.82, 2.24) is 10.2 Å². The SMILES string of the molecule is O=C(c1ccc2c(c1)CCO2)N1CCCC1C1CCCN1. The number of hydrogen-bond donors (Lipinski definition) is 1. The second-order valence-corrected chi connectivity index (χ2v) is 6.33. The molecule has 1 N–H and O–H groups in total. The number of carbonyl (C=O) groups is 1. The monoisotopic (exact) mass is 286 g/mol. The first kappa shape index (κ1) is 13.1. The van der Waals surface area contributed by atoms with Crippen LogP contribution in [0.4, 0.5) is 0 Å². The van der Waals surface area contributed by atoms with Gasteiger partial charge in [0.25, 0.3) is 5.91 Å². The quantitative estimate of drug-likeness (QED) is 0.904. The molecule has 2 saturated heterocycles. The van der Waals surface area contributed by atoms with E-state index in [1.165, 1.54) is 18.4 Å². The molecule has 0 bridgehead atoms. The first-order chi connectivity index (χ1) is 10.3. The Balaban J connectivity index is 1.55. The van der Waals surface area contributed by atoms with Crippen molar-refractivity contribution in [2.24, 2.45) is 0 Å². The van der Waals surface area contributed by atoms with E-state index in [4.69, 9.17) is 4.74 Å². The Morgan fingerprint density at radius 1 is 1.29 bits per heavy atom. The third-order valence-corrected chi connectivity index (χ3v) is 5.06. The van der Waals surface area contributed by atoms with Crippen molar-refractivity contribution in [3.63, 3.8) is 0 Å². The van der Waals surface area contributed by atoms with E-state index in [-0.39, 0.29) is 5.91 Å². The second-order valence-electron chi connectivity index (χ2n) is 6.33. The van der Waals surface area contributed by atoms with Crippen LogP contribution in [0.5, 0.6) is 5.75 Å². The van der Waals surface area contributed by atoms with E-state index >= 15 is 0 Å². The smallest absolute Gasteiger partial charge is 0.254 e. The van der Waals surface area contributed by atoms with Crippen LogP contribution in [0.2, 0.25) is 0 Å². The molecule has 2 fully saturated rings. The van der Waals surface area contributed by atoms with E-state index in [2.05, 4.69) is 10.2 Å². The van der Waals surface area contributed by atoms with E-state index in [9.17, 15) is 4.79 Å². The Labute approximate surface area is 125 Å². The predicted molar refractivity (Wildman–Crippen MR) is 80.7 cm³/mol. The summed E-state index contributed by atoms with van der Waals surface area (Å²) in [7, 11) is 0. The van der Waals surface area contributed by atoms with Gasteiger partial charge in [0, 0.05) is 30.6 Å². The number of nitrogens with zero attached hydrogens (tertiary/aromatic N) is 1. The molecule has 112 valence electrons. The molecule has 21 heavy (non-hydrogen) atoms. The van der Waals surface area contributed by atoms with Gasteiger partial charge in [-0.3, -0.25) is 4.79 Å². The van der Waals surface area contributed by atoms with Gasteiger partial charge in [0.2, 0.25) is 0 Å². The highest BCUT2D eigenvalue weighted by Gasteiger charge is 2.36. The molecular formula is C17H22N2O2. The summed E-state index contributed by atoms with van der Waals surface area (Å²) in [4.78, 5) is 15.0. The molecule has 1 amide bonds. The molecule has 4 heteroatoms. The fourth-order valence-electron chi connectivity index (χ4n) is 3.99. The van der Waals surface area contributed by atoms with Gasteiger partial charge >= 0.3 is 0 Å². The minimum absolute atomic E-state index is 0.195. The Morgan fingerprint density at radius 2 is 2.24 bits per heavy atom. The number of nitrogens with one attached hydrogen (secondary N) is 1. The molecule has 3 heterocycles. The van der Waals surface area contributed by atoms with Crippen LogP contribution in [-0.2, 0) is 6.42 Å². The molecule has 4 nitrogen and oxygen atoms in total. The number of rotatable bonds is 2. The minimum Gasteiger partial charge on any atom is -0.493 e. The second kappa shape index (κ2) is 5.34.